The number of urea groups is 1. The van der Waals surface area contributed by atoms with Gasteiger partial charge < -0.3 is 29.3 Å². The van der Waals surface area contributed by atoms with Crippen molar-refractivity contribution in [3.63, 3.8) is 0 Å². The fraction of sp³-hybridized carbons (Fsp3) is 0.733. The first kappa shape index (κ1) is 29.8. The van der Waals surface area contributed by atoms with E-state index in [2.05, 4.69) is 59.5 Å². The van der Waals surface area contributed by atoms with Crippen molar-refractivity contribution in [3.05, 3.63) is 35.9 Å². The van der Waals surface area contributed by atoms with E-state index in [9.17, 15) is 9.59 Å². The van der Waals surface area contributed by atoms with Crippen LogP contribution in [0.3, 0.4) is 0 Å². The predicted molar refractivity (Wildman–Crippen MR) is 151 cm³/mol. The van der Waals surface area contributed by atoms with Crippen LogP contribution in [-0.4, -0.2) is 113 Å². The lowest BCUT2D eigenvalue weighted by molar-refractivity contribution is -0.121. The van der Waals surface area contributed by atoms with Crippen molar-refractivity contribution in [2.75, 3.05) is 80.4 Å². The molecule has 0 radical (unpaired) electrons. The van der Waals surface area contributed by atoms with E-state index < -0.39 is 0 Å². The maximum absolute atomic E-state index is 13.7. The molecule has 9 heteroatoms. The van der Waals surface area contributed by atoms with Crippen molar-refractivity contribution in [2.24, 2.45) is 5.92 Å². The third-order valence-electron chi connectivity index (χ3n) is 9.11. The Kier molecular flexibility index (Phi) is 10.6. The number of ether oxygens (including phenoxy) is 3. The minimum Gasteiger partial charge on any atom is -0.382 e. The van der Waals surface area contributed by atoms with Crippen molar-refractivity contribution in [1.29, 1.82) is 0 Å². The highest BCUT2D eigenvalue weighted by molar-refractivity contribution is 5.86. The number of carbonyl (C=O) groups is 2. The number of rotatable bonds is 15. The van der Waals surface area contributed by atoms with Crippen molar-refractivity contribution in [3.8, 4) is 0 Å². The second-order valence-electron chi connectivity index (χ2n) is 11.6. The van der Waals surface area contributed by atoms with Crippen LogP contribution in [-0.2, 0) is 24.5 Å². The molecule has 3 aliphatic rings. The fourth-order valence-corrected chi connectivity index (χ4v) is 6.47. The van der Waals surface area contributed by atoms with Gasteiger partial charge in [0.25, 0.3) is 0 Å². The van der Waals surface area contributed by atoms with Gasteiger partial charge in [0, 0.05) is 32.3 Å². The Morgan fingerprint density at radius 2 is 1.67 bits per heavy atom. The lowest BCUT2D eigenvalue weighted by atomic mass is 9.68. The molecule has 1 aromatic rings. The summed E-state index contributed by atoms with van der Waals surface area (Å²) in [4.78, 5) is 32.8. The van der Waals surface area contributed by atoms with Gasteiger partial charge in [-0.15, -0.1) is 0 Å². The number of amides is 3. The lowest BCUT2D eigenvalue weighted by Gasteiger charge is -2.51. The number of nitrogens with one attached hydrogen (secondary N) is 1. The van der Waals surface area contributed by atoms with Gasteiger partial charge in [-0.2, -0.15) is 0 Å². The highest BCUT2D eigenvalue weighted by atomic mass is 16.5. The van der Waals surface area contributed by atoms with Crippen molar-refractivity contribution < 1.29 is 23.8 Å². The molecule has 1 aliphatic heterocycles. The number of carbonyl (C=O) groups excluding carboxylic acids is 2. The summed E-state index contributed by atoms with van der Waals surface area (Å²) in [6, 6.07) is 10.8. The quantitative estimate of drug-likeness (QED) is 0.342. The van der Waals surface area contributed by atoms with E-state index in [0.29, 0.717) is 52.0 Å². The molecule has 2 saturated carbocycles. The smallest absolute Gasteiger partial charge is 0.321 e. The molecule has 1 N–H and O–H groups in total. The SMILES string of the molecule is COCCOCCOCCNC(=O)CN1CC2(CCC(c3ccccc3)(N(C)C)CC2)N(CC2CCC2)C1=O. The highest BCUT2D eigenvalue weighted by Crippen LogP contribution is 2.49. The van der Waals surface area contributed by atoms with Crippen LogP contribution < -0.4 is 5.32 Å². The molecule has 218 valence electrons. The molecular weight excluding hydrogens is 496 g/mol. The molecule has 0 atom stereocenters. The zero-order valence-corrected chi connectivity index (χ0v) is 24.2. The number of hydrogen-bond acceptors (Lipinski definition) is 6. The maximum Gasteiger partial charge on any atom is 0.321 e. The Bertz CT molecular complexity index is 915. The van der Waals surface area contributed by atoms with E-state index in [1.54, 1.807) is 12.0 Å². The molecule has 9 nitrogen and oxygen atoms in total. The summed E-state index contributed by atoms with van der Waals surface area (Å²) in [5.41, 5.74) is 1.12. The van der Waals surface area contributed by atoms with Crippen LogP contribution in [0.1, 0.15) is 50.5 Å². The summed E-state index contributed by atoms with van der Waals surface area (Å²) in [5.74, 6) is 0.455. The number of benzene rings is 1. The fourth-order valence-electron chi connectivity index (χ4n) is 6.47. The van der Waals surface area contributed by atoms with Crippen LogP contribution >= 0.6 is 0 Å². The van der Waals surface area contributed by atoms with Crippen molar-refractivity contribution in [2.45, 2.75) is 56.0 Å². The number of nitrogens with zero attached hydrogens (tertiary/aromatic N) is 3. The van der Waals surface area contributed by atoms with Crippen molar-refractivity contribution in [1.82, 2.24) is 20.0 Å². The molecule has 0 bridgehead atoms. The normalized spacial score (nSPS) is 25.5. The summed E-state index contributed by atoms with van der Waals surface area (Å²) >= 11 is 0. The van der Waals surface area contributed by atoms with Gasteiger partial charge in [-0.05, 0) is 64.1 Å². The Morgan fingerprint density at radius 3 is 2.28 bits per heavy atom. The van der Waals surface area contributed by atoms with Crippen LogP contribution in [0, 0.1) is 5.92 Å². The Morgan fingerprint density at radius 1 is 1.00 bits per heavy atom. The number of hydrogen-bond donors (Lipinski definition) is 1. The topological polar surface area (TPSA) is 83.6 Å². The first-order chi connectivity index (χ1) is 18.9. The molecule has 1 saturated heterocycles. The van der Waals surface area contributed by atoms with Gasteiger partial charge in [-0.25, -0.2) is 4.79 Å². The third kappa shape index (κ3) is 7.12. The zero-order chi connectivity index (χ0) is 27.7. The van der Waals surface area contributed by atoms with E-state index >= 15 is 0 Å². The third-order valence-corrected chi connectivity index (χ3v) is 9.11. The molecule has 0 aromatic heterocycles. The van der Waals surface area contributed by atoms with E-state index in [1.165, 1.54) is 24.8 Å². The van der Waals surface area contributed by atoms with Gasteiger partial charge in [0.1, 0.15) is 6.54 Å². The largest absolute Gasteiger partial charge is 0.382 e. The van der Waals surface area contributed by atoms with Gasteiger partial charge >= 0.3 is 6.03 Å². The van der Waals surface area contributed by atoms with E-state index in [0.717, 1.165) is 32.2 Å². The highest BCUT2D eigenvalue weighted by Gasteiger charge is 2.55. The summed E-state index contributed by atoms with van der Waals surface area (Å²) < 4.78 is 15.8. The van der Waals surface area contributed by atoms with Crippen molar-refractivity contribution >= 4 is 11.9 Å². The van der Waals surface area contributed by atoms with Crippen LogP contribution in [0.25, 0.3) is 0 Å². The minimum absolute atomic E-state index is 0.0265. The van der Waals surface area contributed by atoms with Crippen LogP contribution in [0.5, 0.6) is 0 Å². The molecule has 2 aliphatic carbocycles. The second-order valence-corrected chi connectivity index (χ2v) is 11.6. The first-order valence-electron chi connectivity index (χ1n) is 14.6. The van der Waals surface area contributed by atoms with E-state index in [1.807, 2.05) is 0 Å². The summed E-state index contributed by atoms with van der Waals surface area (Å²) in [6.45, 7) is 4.44. The monoisotopic (exact) mass is 544 g/mol. The van der Waals surface area contributed by atoms with Gasteiger partial charge in [0.15, 0.2) is 0 Å². The Labute approximate surface area is 234 Å². The van der Waals surface area contributed by atoms with Gasteiger partial charge in [0.2, 0.25) is 5.91 Å². The molecular formula is C30H48N4O5. The van der Waals surface area contributed by atoms with Crippen LogP contribution in [0.15, 0.2) is 30.3 Å². The van der Waals surface area contributed by atoms with Gasteiger partial charge in [-0.1, -0.05) is 36.8 Å². The predicted octanol–water partition coefficient (Wildman–Crippen LogP) is 3.09. The molecule has 1 heterocycles. The van der Waals surface area contributed by atoms with E-state index in [-0.39, 0.29) is 29.6 Å². The number of methoxy groups -OCH3 is 1. The molecule has 3 fully saturated rings. The summed E-state index contributed by atoms with van der Waals surface area (Å²) in [6.07, 6.45) is 7.52. The first-order valence-corrected chi connectivity index (χ1v) is 14.6. The van der Waals surface area contributed by atoms with Crippen LogP contribution in [0.2, 0.25) is 0 Å². The second kappa shape index (κ2) is 13.9. The molecule has 0 unspecified atom stereocenters. The molecule has 4 rings (SSSR count). The van der Waals surface area contributed by atoms with Gasteiger partial charge in [-0.3, -0.25) is 9.69 Å². The molecule has 3 amide bonds. The molecule has 39 heavy (non-hydrogen) atoms. The lowest BCUT2D eigenvalue weighted by Crippen LogP contribution is -2.56. The standard InChI is InChI=1S/C30H48N4O5/c1-32(2)30(26-10-5-4-6-11-26)14-12-29(13-15-30)24-33(28(36)34(29)22-25-8-7-9-25)23-27(35)31-16-17-38-20-21-39-19-18-37-3/h4-6,10-11,25H,7-9,12-24H2,1-3H3,(H,31,35). The molecule has 1 aromatic carbocycles. The average molecular weight is 545 g/mol. The zero-order valence-electron chi connectivity index (χ0n) is 24.2. The minimum atomic E-state index is -0.201. The average Bonchev–Trinajstić information content (AvgIpc) is 3.15. The Hall–Kier alpha value is -2.20. The summed E-state index contributed by atoms with van der Waals surface area (Å²) in [7, 11) is 5.98. The maximum atomic E-state index is 13.7. The summed E-state index contributed by atoms with van der Waals surface area (Å²) in [5, 5.41) is 2.92. The van der Waals surface area contributed by atoms with Crippen LogP contribution in [0.4, 0.5) is 4.79 Å². The Balaban J connectivity index is 1.32. The molecule has 1 spiro atoms. The van der Waals surface area contributed by atoms with Gasteiger partial charge in [0.05, 0.1) is 38.6 Å². The van der Waals surface area contributed by atoms with E-state index in [4.69, 9.17) is 14.2 Å².